The van der Waals surface area contributed by atoms with Crippen LogP contribution in [0.15, 0.2) is 33.2 Å². The molecule has 1 aromatic heterocycles. The SMILES string of the molecule is Cc1nn(C)c(CC(C)(O)c2ccccc2Br)c1Br. The van der Waals surface area contributed by atoms with Crippen molar-refractivity contribution < 1.29 is 5.11 Å². The lowest BCUT2D eigenvalue weighted by atomic mass is 9.91. The number of rotatable bonds is 3. The summed E-state index contributed by atoms with van der Waals surface area (Å²) in [5, 5.41) is 15.1. The van der Waals surface area contributed by atoms with Crippen LogP contribution in [0.2, 0.25) is 0 Å². The molecule has 1 atom stereocenters. The highest BCUT2D eigenvalue weighted by molar-refractivity contribution is 9.10. The monoisotopic (exact) mass is 386 g/mol. The van der Waals surface area contributed by atoms with Crippen molar-refractivity contribution in [2.45, 2.75) is 25.9 Å². The molecule has 1 heterocycles. The van der Waals surface area contributed by atoms with Crippen molar-refractivity contribution in [3.8, 4) is 0 Å². The predicted molar refractivity (Wildman–Crippen MR) is 83.1 cm³/mol. The lowest BCUT2D eigenvalue weighted by Gasteiger charge is -2.25. The summed E-state index contributed by atoms with van der Waals surface area (Å²) >= 11 is 7.03. The van der Waals surface area contributed by atoms with E-state index in [1.165, 1.54) is 0 Å². The molecular formula is C14H16Br2N2O. The van der Waals surface area contributed by atoms with Gasteiger partial charge < -0.3 is 5.11 Å². The van der Waals surface area contributed by atoms with Gasteiger partial charge in [0.1, 0.15) is 0 Å². The van der Waals surface area contributed by atoms with Crippen molar-refractivity contribution in [2.24, 2.45) is 7.05 Å². The smallest absolute Gasteiger partial charge is 0.0934 e. The summed E-state index contributed by atoms with van der Waals surface area (Å²) in [7, 11) is 1.89. The summed E-state index contributed by atoms with van der Waals surface area (Å²) in [6.45, 7) is 3.77. The molecule has 0 radical (unpaired) electrons. The summed E-state index contributed by atoms with van der Waals surface area (Å²) in [5.74, 6) is 0. The first-order valence-corrected chi connectivity index (χ1v) is 7.57. The Kier molecular flexibility index (Phi) is 4.18. The Bertz CT molecular complexity index is 605. The van der Waals surface area contributed by atoms with Gasteiger partial charge in [0.25, 0.3) is 0 Å². The average Bonchev–Trinajstić information content (AvgIpc) is 2.56. The first-order chi connectivity index (χ1) is 8.83. The summed E-state index contributed by atoms with van der Waals surface area (Å²) < 4.78 is 3.68. The van der Waals surface area contributed by atoms with Crippen LogP contribution in [0.1, 0.15) is 23.9 Å². The molecule has 19 heavy (non-hydrogen) atoms. The number of halogens is 2. The van der Waals surface area contributed by atoms with Crippen molar-refractivity contribution in [1.29, 1.82) is 0 Å². The molecule has 0 saturated carbocycles. The normalized spacial score (nSPS) is 14.4. The molecule has 2 aromatic rings. The third-order valence-corrected chi connectivity index (χ3v) is 4.95. The van der Waals surface area contributed by atoms with E-state index in [2.05, 4.69) is 37.0 Å². The van der Waals surface area contributed by atoms with Crippen molar-refractivity contribution in [3.05, 3.63) is 50.2 Å². The van der Waals surface area contributed by atoms with Gasteiger partial charge in [0.15, 0.2) is 0 Å². The van der Waals surface area contributed by atoms with E-state index >= 15 is 0 Å². The van der Waals surface area contributed by atoms with Crippen molar-refractivity contribution in [2.75, 3.05) is 0 Å². The second-order valence-electron chi connectivity index (χ2n) is 4.90. The fourth-order valence-corrected chi connectivity index (χ4v) is 3.38. The predicted octanol–water partition coefficient (Wildman–Crippen LogP) is 3.70. The largest absolute Gasteiger partial charge is 0.385 e. The number of benzene rings is 1. The quantitative estimate of drug-likeness (QED) is 0.871. The van der Waals surface area contributed by atoms with E-state index in [1.807, 2.05) is 49.8 Å². The fourth-order valence-electron chi connectivity index (χ4n) is 2.19. The number of aliphatic hydroxyl groups is 1. The summed E-state index contributed by atoms with van der Waals surface area (Å²) in [5.41, 5.74) is 1.84. The van der Waals surface area contributed by atoms with Gasteiger partial charge in [-0.25, -0.2) is 0 Å². The molecule has 1 unspecified atom stereocenters. The van der Waals surface area contributed by atoms with Crippen LogP contribution in [0, 0.1) is 6.92 Å². The third-order valence-electron chi connectivity index (χ3n) is 3.23. The van der Waals surface area contributed by atoms with Gasteiger partial charge in [-0.1, -0.05) is 34.1 Å². The zero-order valence-electron chi connectivity index (χ0n) is 11.1. The topological polar surface area (TPSA) is 38.0 Å². The van der Waals surface area contributed by atoms with E-state index in [4.69, 9.17) is 0 Å². The minimum atomic E-state index is -0.956. The molecule has 5 heteroatoms. The van der Waals surface area contributed by atoms with E-state index in [0.717, 1.165) is 25.9 Å². The van der Waals surface area contributed by atoms with Crippen LogP contribution in [-0.4, -0.2) is 14.9 Å². The van der Waals surface area contributed by atoms with Gasteiger partial charge in [-0.15, -0.1) is 0 Å². The van der Waals surface area contributed by atoms with Crippen molar-refractivity contribution in [3.63, 3.8) is 0 Å². The molecular weight excluding hydrogens is 372 g/mol. The summed E-state index contributed by atoms with van der Waals surface area (Å²) in [6, 6.07) is 7.74. The highest BCUT2D eigenvalue weighted by Gasteiger charge is 2.28. The Morgan fingerprint density at radius 2 is 1.95 bits per heavy atom. The first-order valence-electron chi connectivity index (χ1n) is 5.98. The number of hydrogen-bond donors (Lipinski definition) is 1. The average molecular weight is 388 g/mol. The summed E-state index contributed by atoms with van der Waals surface area (Å²) in [6.07, 6.45) is 0.494. The van der Waals surface area contributed by atoms with E-state index in [9.17, 15) is 5.11 Å². The lowest BCUT2D eigenvalue weighted by molar-refractivity contribution is 0.0547. The van der Waals surface area contributed by atoms with E-state index < -0.39 is 5.60 Å². The molecule has 0 amide bonds. The highest BCUT2D eigenvalue weighted by Crippen LogP contribution is 2.33. The lowest BCUT2D eigenvalue weighted by Crippen LogP contribution is -2.26. The maximum absolute atomic E-state index is 10.8. The Morgan fingerprint density at radius 3 is 2.47 bits per heavy atom. The van der Waals surface area contributed by atoms with Crippen LogP contribution in [0.4, 0.5) is 0 Å². The maximum Gasteiger partial charge on any atom is 0.0934 e. The van der Waals surface area contributed by atoms with Gasteiger partial charge in [-0.2, -0.15) is 5.10 Å². The molecule has 0 spiro atoms. The fraction of sp³-hybridized carbons (Fsp3) is 0.357. The van der Waals surface area contributed by atoms with Crippen LogP contribution in [-0.2, 0) is 19.1 Å². The van der Waals surface area contributed by atoms with Crippen molar-refractivity contribution >= 4 is 31.9 Å². The van der Waals surface area contributed by atoms with E-state index in [0.29, 0.717) is 6.42 Å². The summed E-state index contributed by atoms with van der Waals surface area (Å²) in [4.78, 5) is 0. The van der Waals surface area contributed by atoms with Crippen LogP contribution in [0.25, 0.3) is 0 Å². The van der Waals surface area contributed by atoms with Gasteiger partial charge in [-0.05, 0) is 41.4 Å². The first kappa shape index (κ1) is 14.8. The molecule has 1 aromatic carbocycles. The van der Waals surface area contributed by atoms with Gasteiger partial charge in [-0.3, -0.25) is 4.68 Å². The molecule has 102 valence electrons. The Morgan fingerprint density at radius 1 is 1.32 bits per heavy atom. The number of nitrogens with zero attached hydrogens (tertiary/aromatic N) is 2. The molecule has 0 fully saturated rings. The second kappa shape index (κ2) is 5.38. The Balaban J connectivity index is 2.39. The molecule has 0 saturated heterocycles. The standard InChI is InChI=1S/C14H16Br2N2O/c1-9-13(16)12(18(3)17-9)8-14(2,19)10-6-4-5-7-11(10)15/h4-7,19H,8H2,1-3H3. The molecule has 0 bridgehead atoms. The minimum Gasteiger partial charge on any atom is -0.385 e. The third kappa shape index (κ3) is 2.93. The van der Waals surface area contributed by atoms with Crippen LogP contribution < -0.4 is 0 Å². The molecule has 1 N–H and O–H groups in total. The molecule has 0 aliphatic heterocycles. The molecule has 3 nitrogen and oxygen atoms in total. The van der Waals surface area contributed by atoms with Crippen LogP contribution in [0.3, 0.4) is 0 Å². The van der Waals surface area contributed by atoms with Gasteiger partial charge in [0.05, 0.1) is 21.5 Å². The van der Waals surface area contributed by atoms with E-state index in [1.54, 1.807) is 0 Å². The van der Waals surface area contributed by atoms with E-state index in [-0.39, 0.29) is 0 Å². The van der Waals surface area contributed by atoms with Crippen LogP contribution >= 0.6 is 31.9 Å². The number of aromatic nitrogens is 2. The zero-order chi connectivity index (χ0) is 14.2. The van der Waals surface area contributed by atoms with Gasteiger partial charge >= 0.3 is 0 Å². The molecule has 0 aliphatic rings. The number of aryl methyl sites for hydroxylation is 2. The Hall–Kier alpha value is -0.650. The minimum absolute atomic E-state index is 0.494. The van der Waals surface area contributed by atoms with Crippen molar-refractivity contribution in [1.82, 2.24) is 9.78 Å². The van der Waals surface area contributed by atoms with Gasteiger partial charge in [0.2, 0.25) is 0 Å². The maximum atomic E-state index is 10.8. The zero-order valence-corrected chi connectivity index (χ0v) is 14.3. The Labute approximate surface area is 129 Å². The number of hydrogen-bond acceptors (Lipinski definition) is 2. The van der Waals surface area contributed by atoms with Crippen LogP contribution in [0.5, 0.6) is 0 Å². The highest BCUT2D eigenvalue weighted by atomic mass is 79.9. The van der Waals surface area contributed by atoms with Gasteiger partial charge in [0, 0.05) is 17.9 Å². The molecule has 0 aliphatic carbocycles. The molecule has 2 rings (SSSR count). The second-order valence-corrected chi connectivity index (χ2v) is 6.55.